The lowest BCUT2D eigenvalue weighted by molar-refractivity contribution is 0.0953. The molecule has 0 aliphatic rings. The number of unbranched alkanes of at least 4 members (excludes halogenated alkanes) is 1. The van der Waals surface area contributed by atoms with E-state index >= 15 is 0 Å². The van der Waals surface area contributed by atoms with Crippen molar-refractivity contribution in [1.82, 2.24) is 5.32 Å². The first-order chi connectivity index (χ1) is 8.15. The highest BCUT2D eigenvalue weighted by atomic mass is 32.2. The fourth-order valence-corrected chi connectivity index (χ4v) is 1.90. The molecule has 0 spiro atoms. The van der Waals surface area contributed by atoms with Crippen molar-refractivity contribution in [2.75, 3.05) is 24.3 Å². The highest BCUT2D eigenvalue weighted by Crippen LogP contribution is 2.18. The zero-order chi connectivity index (χ0) is 12.7. The summed E-state index contributed by atoms with van der Waals surface area (Å²) in [5, 5.41) is 12.1. The zero-order valence-electron chi connectivity index (χ0n) is 9.90. The number of carbonyl (C=O) groups excluding carboxylic acids is 1. The summed E-state index contributed by atoms with van der Waals surface area (Å²) in [6.07, 6.45) is 4.09. The first-order valence-corrected chi connectivity index (χ1v) is 6.90. The molecule has 1 aromatic carbocycles. The Morgan fingerprint density at radius 3 is 2.94 bits per heavy atom. The van der Waals surface area contributed by atoms with Gasteiger partial charge in [-0.25, -0.2) is 0 Å². The largest absolute Gasteiger partial charge is 0.508 e. The van der Waals surface area contributed by atoms with Gasteiger partial charge < -0.3 is 16.2 Å². The van der Waals surface area contributed by atoms with Crippen LogP contribution in [0.4, 0.5) is 5.69 Å². The van der Waals surface area contributed by atoms with Crippen LogP contribution in [-0.2, 0) is 0 Å². The molecular formula is C12H18N2O2S. The van der Waals surface area contributed by atoms with Gasteiger partial charge in [-0.05, 0) is 43.0 Å². The van der Waals surface area contributed by atoms with Crippen molar-refractivity contribution in [2.45, 2.75) is 12.8 Å². The van der Waals surface area contributed by atoms with Gasteiger partial charge in [-0.3, -0.25) is 4.79 Å². The van der Waals surface area contributed by atoms with Gasteiger partial charge in [-0.1, -0.05) is 0 Å². The molecule has 0 aliphatic heterocycles. The molecule has 0 atom stereocenters. The van der Waals surface area contributed by atoms with Crippen LogP contribution in [0.15, 0.2) is 18.2 Å². The van der Waals surface area contributed by atoms with Crippen LogP contribution >= 0.6 is 11.8 Å². The molecule has 0 aromatic heterocycles. The minimum atomic E-state index is -0.234. The average Bonchev–Trinajstić information content (AvgIpc) is 2.32. The molecule has 0 saturated carbocycles. The van der Waals surface area contributed by atoms with Gasteiger partial charge in [0.05, 0.1) is 5.56 Å². The smallest absolute Gasteiger partial charge is 0.253 e. The third-order valence-corrected chi connectivity index (χ3v) is 3.04. The summed E-state index contributed by atoms with van der Waals surface area (Å²) in [6.45, 7) is 0.633. The highest BCUT2D eigenvalue weighted by Gasteiger charge is 2.09. The second-order valence-electron chi connectivity index (χ2n) is 3.73. The summed E-state index contributed by atoms with van der Waals surface area (Å²) < 4.78 is 0. The average molecular weight is 254 g/mol. The van der Waals surface area contributed by atoms with Crippen molar-refractivity contribution >= 4 is 23.4 Å². The third-order valence-electron chi connectivity index (χ3n) is 2.34. The molecule has 0 fully saturated rings. The number of amides is 1. The second kappa shape index (κ2) is 7.06. The summed E-state index contributed by atoms with van der Waals surface area (Å²) in [7, 11) is 0. The molecule has 0 radical (unpaired) electrons. The first kappa shape index (κ1) is 13.7. The predicted molar refractivity (Wildman–Crippen MR) is 72.5 cm³/mol. The van der Waals surface area contributed by atoms with Crippen LogP contribution in [0.1, 0.15) is 23.2 Å². The van der Waals surface area contributed by atoms with E-state index in [1.165, 1.54) is 18.2 Å². The van der Waals surface area contributed by atoms with E-state index in [-0.39, 0.29) is 11.7 Å². The maximum Gasteiger partial charge on any atom is 0.253 e. The minimum absolute atomic E-state index is 0.0479. The van der Waals surface area contributed by atoms with Crippen LogP contribution < -0.4 is 11.1 Å². The normalized spacial score (nSPS) is 10.2. The lowest BCUT2D eigenvalue weighted by Crippen LogP contribution is -2.25. The quantitative estimate of drug-likeness (QED) is 0.411. The second-order valence-corrected chi connectivity index (χ2v) is 4.71. The first-order valence-electron chi connectivity index (χ1n) is 5.50. The van der Waals surface area contributed by atoms with Crippen LogP contribution in [-0.4, -0.2) is 29.6 Å². The van der Waals surface area contributed by atoms with E-state index in [0.29, 0.717) is 17.8 Å². The Morgan fingerprint density at radius 2 is 2.24 bits per heavy atom. The fourth-order valence-electron chi connectivity index (χ4n) is 1.41. The molecule has 5 heteroatoms. The number of carbonyl (C=O) groups is 1. The molecule has 1 amide bonds. The Morgan fingerprint density at radius 1 is 1.47 bits per heavy atom. The topological polar surface area (TPSA) is 75.3 Å². The number of nitrogens with two attached hydrogens (primary N) is 1. The maximum absolute atomic E-state index is 11.7. The van der Waals surface area contributed by atoms with Crippen LogP contribution in [0.2, 0.25) is 0 Å². The Labute approximate surface area is 106 Å². The van der Waals surface area contributed by atoms with Gasteiger partial charge in [-0.15, -0.1) is 0 Å². The summed E-state index contributed by atoms with van der Waals surface area (Å²) in [4.78, 5) is 11.7. The summed E-state index contributed by atoms with van der Waals surface area (Å²) >= 11 is 1.80. The number of hydrogen-bond acceptors (Lipinski definition) is 4. The van der Waals surface area contributed by atoms with Gasteiger partial charge in [0, 0.05) is 12.2 Å². The number of nitrogen functional groups attached to an aromatic ring is 1. The molecule has 0 aliphatic carbocycles. The number of benzene rings is 1. The number of hydrogen-bond donors (Lipinski definition) is 3. The van der Waals surface area contributed by atoms with E-state index in [4.69, 9.17) is 5.73 Å². The van der Waals surface area contributed by atoms with Crippen LogP contribution in [0.5, 0.6) is 5.75 Å². The lowest BCUT2D eigenvalue weighted by atomic mass is 10.1. The highest BCUT2D eigenvalue weighted by molar-refractivity contribution is 7.98. The summed E-state index contributed by atoms with van der Waals surface area (Å²) in [5.41, 5.74) is 6.37. The molecular weight excluding hydrogens is 236 g/mol. The number of phenols is 1. The van der Waals surface area contributed by atoms with E-state index in [1.54, 1.807) is 11.8 Å². The number of nitrogens with one attached hydrogen (secondary N) is 1. The van der Waals surface area contributed by atoms with E-state index in [2.05, 4.69) is 11.6 Å². The Bertz CT molecular complexity index is 383. The van der Waals surface area contributed by atoms with E-state index in [9.17, 15) is 9.90 Å². The van der Waals surface area contributed by atoms with Crippen molar-refractivity contribution in [3.8, 4) is 5.75 Å². The minimum Gasteiger partial charge on any atom is -0.508 e. The molecule has 1 rings (SSSR count). The standard InChI is InChI=1S/C12H18N2O2S/c1-17-7-3-2-6-14-12(16)10-8-9(15)4-5-11(10)13/h4-5,8,15H,2-3,6-7,13H2,1H3,(H,14,16). The van der Waals surface area contributed by atoms with Crippen molar-refractivity contribution in [3.05, 3.63) is 23.8 Å². The van der Waals surface area contributed by atoms with Gasteiger partial charge in [0.2, 0.25) is 0 Å². The number of aromatic hydroxyl groups is 1. The number of thioether (sulfide) groups is 1. The fraction of sp³-hybridized carbons (Fsp3) is 0.417. The summed E-state index contributed by atoms with van der Waals surface area (Å²) in [5.74, 6) is 0.915. The number of anilines is 1. The molecule has 0 bridgehead atoms. The zero-order valence-corrected chi connectivity index (χ0v) is 10.7. The molecule has 17 heavy (non-hydrogen) atoms. The van der Waals surface area contributed by atoms with E-state index in [0.717, 1.165) is 18.6 Å². The number of phenolic OH excluding ortho intramolecular Hbond substituents is 1. The van der Waals surface area contributed by atoms with Gasteiger partial charge in [0.1, 0.15) is 5.75 Å². The Kier molecular flexibility index (Phi) is 5.69. The van der Waals surface area contributed by atoms with E-state index in [1.807, 2.05) is 0 Å². The molecule has 4 N–H and O–H groups in total. The number of rotatable bonds is 6. The van der Waals surface area contributed by atoms with Crippen molar-refractivity contribution < 1.29 is 9.90 Å². The summed E-state index contributed by atoms with van der Waals surface area (Å²) in [6, 6.07) is 4.37. The van der Waals surface area contributed by atoms with Crippen molar-refractivity contribution in [2.24, 2.45) is 0 Å². The Hall–Kier alpha value is -1.36. The molecule has 94 valence electrons. The third kappa shape index (κ3) is 4.56. The lowest BCUT2D eigenvalue weighted by Gasteiger charge is -2.07. The SMILES string of the molecule is CSCCCCNC(=O)c1cc(O)ccc1N. The molecule has 0 heterocycles. The van der Waals surface area contributed by atoms with Crippen LogP contribution in [0.3, 0.4) is 0 Å². The van der Waals surface area contributed by atoms with Gasteiger partial charge in [0.15, 0.2) is 0 Å². The van der Waals surface area contributed by atoms with Crippen LogP contribution in [0, 0.1) is 0 Å². The van der Waals surface area contributed by atoms with Crippen molar-refractivity contribution in [3.63, 3.8) is 0 Å². The molecule has 0 saturated heterocycles. The molecule has 1 aromatic rings. The predicted octanol–water partition coefficient (Wildman–Crippen LogP) is 1.85. The van der Waals surface area contributed by atoms with E-state index < -0.39 is 0 Å². The van der Waals surface area contributed by atoms with Gasteiger partial charge >= 0.3 is 0 Å². The van der Waals surface area contributed by atoms with Crippen molar-refractivity contribution in [1.29, 1.82) is 0 Å². The van der Waals surface area contributed by atoms with Gasteiger partial charge in [0.25, 0.3) is 5.91 Å². The monoisotopic (exact) mass is 254 g/mol. The molecule has 0 unspecified atom stereocenters. The molecule has 4 nitrogen and oxygen atoms in total. The van der Waals surface area contributed by atoms with Gasteiger partial charge in [-0.2, -0.15) is 11.8 Å². The maximum atomic E-state index is 11.7. The van der Waals surface area contributed by atoms with Crippen LogP contribution in [0.25, 0.3) is 0 Å². The Balaban J connectivity index is 2.44.